The number of nitrogens with zero attached hydrogens (tertiary/aromatic N) is 6. The van der Waals surface area contributed by atoms with E-state index in [1.807, 2.05) is 0 Å². The summed E-state index contributed by atoms with van der Waals surface area (Å²) in [4.78, 5) is 64.8. The van der Waals surface area contributed by atoms with Crippen molar-refractivity contribution in [1.29, 1.82) is 0 Å². The lowest BCUT2D eigenvalue weighted by molar-refractivity contribution is -0.322. The number of piperidine rings is 4. The van der Waals surface area contributed by atoms with E-state index >= 15 is 9.59 Å². The lowest BCUT2D eigenvalue weighted by Crippen LogP contribution is -2.69. The Morgan fingerprint density at radius 1 is 0.303 bits per heavy atom. The molecule has 0 bridgehead atoms. The first-order chi connectivity index (χ1) is 35.4. The summed E-state index contributed by atoms with van der Waals surface area (Å²) in [6, 6.07) is -0.0463. The van der Waals surface area contributed by atoms with E-state index in [-0.39, 0.29) is 118 Å². The van der Waals surface area contributed by atoms with Gasteiger partial charge in [0.05, 0.1) is 24.4 Å². The van der Waals surface area contributed by atoms with Crippen molar-refractivity contribution in [2.75, 3.05) is 0 Å². The highest BCUT2D eigenvalue weighted by atomic mass is 16.7. The summed E-state index contributed by atoms with van der Waals surface area (Å²) in [6.07, 6.45) is 31.7. The first-order valence-electron chi connectivity index (χ1n) is 31.9. The molecule has 0 aromatic heterocycles. The van der Waals surface area contributed by atoms with Crippen LogP contribution in [0, 0.1) is 0 Å². The fourth-order valence-electron chi connectivity index (χ4n) is 17.9. The molecule has 76 heavy (non-hydrogen) atoms. The van der Waals surface area contributed by atoms with E-state index in [9.17, 15) is 0 Å². The molecule has 4 saturated heterocycles. The molecule has 8 aliphatic rings. The third kappa shape index (κ3) is 13.9. The maximum Gasteiger partial charge on any atom is 0.223 e. The highest BCUT2D eigenvalue weighted by molar-refractivity contribution is 5.84. The van der Waals surface area contributed by atoms with Crippen LogP contribution in [-0.2, 0) is 28.9 Å². The van der Waals surface area contributed by atoms with Crippen molar-refractivity contribution in [3.63, 3.8) is 0 Å². The quantitative estimate of drug-likeness (QED) is 0.158. The van der Waals surface area contributed by atoms with Gasteiger partial charge >= 0.3 is 0 Å². The van der Waals surface area contributed by atoms with E-state index in [2.05, 4.69) is 141 Å². The van der Waals surface area contributed by atoms with E-state index in [4.69, 9.17) is 19.4 Å². The summed E-state index contributed by atoms with van der Waals surface area (Å²) in [7, 11) is 0. The van der Waals surface area contributed by atoms with Crippen molar-refractivity contribution in [1.82, 2.24) is 30.1 Å². The molecule has 0 atom stereocenters. The van der Waals surface area contributed by atoms with E-state index in [0.29, 0.717) is 0 Å². The molecular formula is C64H116N6O6. The average molecular weight is 1070 g/mol. The van der Waals surface area contributed by atoms with Crippen LogP contribution < -0.4 is 0 Å². The molecule has 438 valence electrons. The lowest BCUT2D eigenvalue weighted by Gasteiger charge is -2.60. The number of hydroxylamine groups is 8. The average Bonchev–Trinajstić information content (AvgIpc) is 3.38. The maximum atomic E-state index is 16.0. The zero-order valence-corrected chi connectivity index (χ0v) is 52.0. The zero-order chi connectivity index (χ0) is 55.3. The minimum absolute atomic E-state index is 0.0116. The fourth-order valence-corrected chi connectivity index (χ4v) is 17.9. The van der Waals surface area contributed by atoms with Gasteiger partial charge in [-0.15, -0.1) is 0 Å². The molecule has 0 spiro atoms. The second-order valence-electron chi connectivity index (χ2n) is 31.5. The number of carbonyl (C=O) groups is 2. The van der Waals surface area contributed by atoms with Crippen molar-refractivity contribution in [2.24, 2.45) is 0 Å². The van der Waals surface area contributed by atoms with Gasteiger partial charge in [-0.05, 0) is 214 Å². The van der Waals surface area contributed by atoms with E-state index < -0.39 is 0 Å². The van der Waals surface area contributed by atoms with Gasteiger partial charge in [-0.1, -0.05) is 77.0 Å². The molecule has 4 aliphatic carbocycles. The van der Waals surface area contributed by atoms with Crippen LogP contribution in [0.4, 0.5) is 0 Å². The van der Waals surface area contributed by atoms with Gasteiger partial charge in [-0.3, -0.25) is 28.9 Å². The Balaban J connectivity index is 1.09. The lowest BCUT2D eigenvalue weighted by atomic mass is 9.74. The number of hydrogen-bond acceptors (Lipinski definition) is 10. The number of hydrogen-bond donors (Lipinski definition) is 0. The van der Waals surface area contributed by atoms with Crippen LogP contribution in [0.3, 0.4) is 0 Å². The minimum atomic E-state index is -0.310. The molecule has 4 saturated carbocycles. The van der Waals surface area contributed by atoms with Crippen LogP contribution in [0.15, 0.2) is 0 Å². The smallest absolute Gasteiger partial charge is 0.223 e. The SMILES string of the molecule is CC1(C)CC(N(C(=O)CCC(=O)N(C2CC(C)(C)N(OC3CCCCC3)C(C)(C)C2)C2CC(C)(C)N(OC3CCCCC3)C(C)(C)C2)C2CC(C)(C)N(OC3CCCCC3)C(C)(C)C2)CC(C)(C)N1OC1CCCCC1. The van der Waals surface area contributed by atoms with Crippen LogP contribution in [-0.4, -0.2) is 135 Å². The fraction of sp³-hybridized carbons (Fsp3) is 0.969. The van der Waals surface area contributed by atoms with Gasteiger partial charge in [0, 0.05) is 81.3 Å². The molecule has 8 fully saturated rings. The third-order valence-electron chi connectivity index (χ3n) is 20.2. The summed E-state index contributed by atoms with van der Waals surface area (Å²) in [5.41, 5.74) is -2.48. The molecule has 4 aliphatic heterocycles. The Kier molecular flexibility index (Phi) is 18.7. The van der Waals surface area contributed by atoms with Crippen LogP contribution in [0.25, 0.3) is 0 Å². The Morgan fingerprint density at radius 2 is 0.461 bits per heavy atom. The topological polar surface area (TPSA) is 90.5 Å². The summed E-state index contributed by atoms with van der Waals surface area (Å²) in [5.74, 6) is 0.245. The van der Waals surface area contributed by atoms with E-state index in [1.165, 1.54) is 77.0 Å². The second kappa shape index (κ2) is 23.5. The molecule has 0 radical (unpaired) electrons. The minimum Gasteiger partial charge on any atom is -0.336 e. The molecule has 0 unspecified atom stereocenters. The Labute approximate surface area is 465 Å². The van der Waals surface area contributed by atoms with Crippen molar-refractivity contribution < 1.29 is 28.9 Å². The Bertz CT molecular complexity index is 1600. The third-order valence-corrected chi connectivity index (χ3v) is 20.2. The van der Waals surface area contributed by atoms with E-state index in [1.54, 1.807) is 0 Å². The molecule has 2 amide bonds. The van der Waals surface area contributed by atoms with Crippen LogP contribution in [0.5, 0.6) is 0 Å². The highest BCUT2D eigenvalue weighted by Crippen LogP contribution is 2.50. The number of amides is 2. The number of rotatable bonds is 15. The molecule has 12 nitrogen and oxygen atoms in total. The predicted octanol–water partition coefficient (Wildman–Crippen LogP) is 14.6. The molecule has 4 heterocycles. The first kappa shape index (κ1) is 60.7. The standard InChI is InChI=1S/C64H116N6O6/c1-57(2)39-47(40-58(3,4)67(57)73-51-29-21-17-22-30-51)65(48-41-59(5,6)68(60(7,8)42-48)74-52-31-23-18-24-32-52)55(71)37-38-56(72)66(49-43-61(9,10)69(62(11,12)44-49)75-53-33-25-19-26-34-53)50-45-63(13,14)70(64(15,16)46-50)76-54-35-27-20-28-36-54/h47-54H,17-46H2,1-16H3. The molecular weight excluding hydrogens is 949 g/mol. The molecule has 0 aromatic rings. The predicted molar refractivity (Wildman–Crippen MR) is 307 cm³/mol. The summed E-state index contributed by atoms with van der Waals surface area (Å²) >= 11 is 0. The summed E-state index contributed by atoms with van der Waals surface area (Å²) in [6.45, 7) is 37.4. The van der Waals surface area contributed by atoms with Gasteiger partial charge in [-0.2, -0.15) is 20.3 Å². The normalized spacial score (nSPS) is 30.1. The highest BCUT2D eigenvalue weighted by Gasteiger charge is 2.57. The van der Waals surface area contributed by atoms with Crippen LogP contribution in [0.2, 0.25) is 0 Å². The van der Waals surface area contributed by atoms with Crippen LogP contribution in [0.1, 0.15) is 303 Å². The van der Waals surface area contributed by atoms with Gasteiger partial charge in [0.25, 0.3) is 0 Å². The van der Waals surface area contributed by atoms with Gasteiger partial charge in [0.1, 0.15) is 0 Å². The van der Waals surface area contributed by atoms with Gasteiger partial charge in [0.2, 0.25) is 11.8 Å². The van der Waals surface area contributed by atoms with Gasteiger partial charge < -0.3 is 9.80 Å². The second-order valence-corrected chi connectivity index (χ2v) is 31.5. The Morgan fingerprint density at radius 3 is 0.618 bits per heavy atom. The number of carbonyl (C=O) groups excluding carboxylic acids is 2. The van der Waals surface area contributed by atoms with Gasteiger partial charge in [0.15, 0.2) is 0 Å². The summed E-state index contributed by atoms with van der Waals surface area (Å²) < 4.78 is 0. The molecule has 0 N–H and O–H groups in total. The van der Waals surface area contributed by atoms with Crippen molar-refractivity contribution in [3.05, 3.63) is 0 Å². The van der Waals surface area contributed by atoms with E-state index in [0.717, 1.165) is 103 Å². The molecule has 8 rings (SSSR count). The van der Waals surface area contributed by atoms with Crippen molar-refractivity contribution in [3.8, 4) is 0 Å². The zero-order valence-electron chi connectivity index (χ0n) is 52.0. The van der Waals surface area contributed by atoms with Gasteiger partial charge in [-0.25, -0.2) is 0 Å². The van der Waals surface area contributed by atoms with Crippen molar-refractivity contribution >= 4 is 11.8 Å². The van der Waals surface area contributed by atoms with Crippen LogP contribution >= 0.6 is 0 Å². The molecule has 12 heteroatoms. The monoisotopic (exact) mass is 1060 g/mol. The maximum absolute atomic E-state index is 16.0. The first-order valence-corrected chi connectivity index (χ1v) is 31.9. The molecule has 0 aromatic carbocycles. The Hall–Kier alpha value is -1.38. The summed E-state index contributed by atoms with van der Waals surface area (Å²) in [5, 5.41) is 9.37. The largest absolute Gasteiger partial charge is 0.336 e. The van der Waals surface area contributed by atoms with Crippen molar-refractivity contribution in [2.45, 2.75) is 396 Å².